The fourth-order valence-electron chi connectivity index (χ4n) is 2.83. The third kappa shape index (κ3) is 3.18. The molecule has 0 bridgehead atoms. The Labute approximate surface area is 159 Å². The molecule has 1 N–H and O–H groups in total. The van der Waals surface area contributed by atoms with E-state index in [1.807, 2.05) is 0 Å². The number of hydrogen-bond acceptors (Lipinski definition) is 6. The van der Waals surface area contributed by atoms with Crippen molar-refractivity contribution < 1.29 is 23.9 Å². The van der Waals surface area contributed by atoms with Gasteiger partial charge in [0.25, 0.3) is 11.6 Å². The number of ether oxygens (including phenoxy) is 3. The minimum atomic E-state index is -0.640. The topological polar surface area (TPSA) is 99.9 Å². The molecule has 140 valence electrons. The van der Waals surface area contributed by atoms with Crippen LogP contribution in [0.15, 0.2) is 60.7 Å². The van der Waals surface area contributed by atoms with Gasteiger partial charge >= 0.3 is 0 Å². The maximum atomic E-state index is 12.6. The van der Waals surface area contributed by atoms with Gasteiger partial charge in [-0.15, -0.1) is 0 Å². The number of amides is 1. The molecule has 3 aromatic carbocycles. The molecule has 0 spiro atoms. The summed E-state index contributed by atoms with van der Waals surface area (Å²) < 4.78 is 16.6. The lowest BCUT2D eigenvalue weighted by atomic mass is 10.1. The van der Waals surface area contributed by atoms with Gasteiger partial charge in [-0.05, 0) is 36.4 Å². The second kappa shape index (κ2) is 6.92. The Morgan fingerprint density at radius 2 is 1.68 bits per heavy atom. The summed E-state index contributed by atoms with van der Waals surface area (Å²) in [6.45, 7) is 0. The average molecular weight is 378 g/mol. The molecule has 0 fully saturated rings. The minimum Gasteiger partial charge on any atom is -0.497 e. The van der Waals surface area contributed by atoms with Gasteiger partial charge in [0, 0.05) is 6.07 Å². The molecule has 1 aliphatic rings. The molecule has 3 aromatic rings. The van der Waals surface area contributed by atoms with Crippen LogP contribution in [0.5, 0.6) is 28.7 Å². The SMILES string of the molecule is COc1ccc(Oc2cc3c(c([N+](=O)[O-])c2)C(=O)Nc2ccccc2O3)cc1. The zero-order valence-electron chi connectivity index (χ0n) is 14.7. The summed E-state index contributed by atoms with van der Waals surface area (Å²) in [5, 5.41) is 14.2. The van der Waals surface area contributed by atoms with E-state index in [0.717, 1.165) is 0 Å². The quantitative estimate of drug-likeness (QED) is 0.519. The van der Waals surface area contributed by atoms with E-state index in [1.165, 1.54) is 12.1 Å². The standard InChI is InChI=1S/C20H14N2O6/c1-26-12-6-8-13(9-7-12)27-14-10-16(22(24)25)19-18(11-14)28-17-5-3-2-4-15(17)21-20(19)23/h2-11H,1H3,(H,21,23). The summed E-state index contributed by atoms with van der Waals surface area (Å²) in [5.41, 5.74) is -0.148. The Morgan fingerprint density at radius 3 is 2.39 bits per heavy atom. The van der Waals surface area contributed by atoms with Gasteiger partial charge in [-0.2, -0.15) is 0 Å². The highest BCUT2D eigenvalue weighted by Gasteiger charge is 2.31. The molecule has 1 heterocycles. The molecular formula is C20H14N2O6. The summed E-state index contributed by atoms with van der Waals surface area (Å²) in [6.07, 6.45) is 0. The molecule has 0 aromatic heterocycles. The van der Waals surface area contributed by atoms with E-state index in [9.17, 15) is 14.9 Å². The van der Waals surface area contributed by atoms with Crippen LogP contribution in [0, 0.1) is 10.1 Å². The third-order valence-corrected chi connectivity index (χ3v) is 4.13. The Kier molecular flexibility index (Phi) is 4.29. The number of hydrogen-bond donors (Lipinski definition) is 1. The van der Waals surface area contributed by atoms with Crippen LogP contribution in [0.3, 0.4) is 0 Å². The minimum absolute atomic E-state index is 0.0418. The predicted molar refractivity (Wildman–Crippen MR) is 101 cm³/mol. The molecule has 8 heteroatoms. The number of rotatable bonds is 4. The summed E-state index contributed by atoms with van der Waals surface area (Å²) in [4.78, 5) is 23.5. The lowest BCUT2D eigenvalue weighted by Crippen LogP contribution is -2.13. The van der Waals surface area contributed by atoms with Crippen LogP contribution in [-0.4, -0.2) is 17.9 Å². The fourth-order valence-corrected chi connectivity index (χ4v) is 2.83. The Hall–Kier alpha value is -4.07. The summed E-state index contributed by atoms with van der Waals surface area (Å²) in [6, 6.07) is 16.2. The molecule has 0 saturated carbocycles. The molecule has 0 atom stereocenters. The van der Waals surface area contributed by atoms with E-state index in [4.69, 9.17) is 14.2 Å². The van der Waals surface area contributed by atoms with Crippen LogP contribution in [0.1, 0.15) is 10.4 Å². The van der Waals surface area contributed by atoms with Gasteiger partial charge in [-0.25, -0.2) is 0 Å². The van der Waals surface area contributed by atoms with Gasteiger partial charge in [0.1, 0.15) is 17.2 Å². The highest BCUT2D eigenvalue weighted by Crippen LogP contribution is 2.42. The van der Waals surface area contributed by atoms with Crippen LogP contribution in [0.2, 0.25) is 0 Å². The van der Waals surface area contributed by atoms with Crippen LogP contribution >= 0.6 is 0 Å². The van der Waals surface area contributed by atoms with Gasteiger partial charge in [0.2, 0.25) is 0 Å². The monoisotopic (exact) mass is 378 g/mol. The first-order valence-corrected chi connectivity index (χ1v) is 8.28. The number of benzene rings is 3. The molecule has 4 rings (SSSR count). The zero-order valence-corrected chi connectivity index (χ0v) is 14.7. The Bertz CT molecular complexity index is 1080. The van der Waals surface area contributed by atoms with Gasteiger partial charge in [0.15, 0.2) is 17.1 Å². The number of fused-ring (bicyclic) bond motifs is 2. The van der Waals surface area contributed by atoms with Crippen LogP contribution in [-0.2, 0) is 0 Å². The van der Waals surface area contributed by atoms with Crippen molar-refractivity contribution in [3.05, 3.63) is 76.3 Å². The van der Waals surface area contributed by atoms with E-state index in [-0.39, 0.29) is 17.1 Å². The van der Waals surface area contributed by atoms with Crippen molar-refractivity contribution >= 4 is 17.3 Å². The number of anilines is 1. The van der Waals surface area contributed by atoms with Gasteiger partial charge in [-0.3, -0.25) is 14.9 Å². The first-order valence-electron chi connectivity index (χ1n) is 8.28. The van der Waals surface area contributed by atoms with Crippen LogP contribution < -0.4 is 19.5 Å². The van der Waals surface area contributed by atoms with Gasteiger partial charge < -0.3 is 19.5 Å². The Balaban J connectivity index is 1.78. The van der Waals surface area contributed by atoms with Gasteiger partial charge in [-0.1, -0.05) is 12.1 Å². The average Bonchev–Trinajstić information content (AvgIpc) is 2.83. The number of nitro benzene ring substituents is 1. The second-order valence-corrected chi connectivity index (χ2v) is 5.90. The van der Waals surface area contributed by atoms with Crippen molar-refractivity contribution in [1.82, 2.24) is 0 Å². The largest absolute Gasteiger partial charge is 0.497 e. The molecule has 0 unspecified atom stereocenters. The molecule has 28 heavy (non-hydrogen) atoms. The van der Waals surface area contributed by atoms with E-state index in [2.05, 4.69) is 5.32 Å². The molecular weight excluding hydrogens is 364 g/mol. The van der Waals surface area contributed by atoms with Crippen molar-refractivity contribution in [1.29, 1.82) is 0 Å². The van der Waals surface area contributed by atoms with Crippen LogP contribution in [0.4, 0.5) is 11.4 Å². The van der Waals surface area contributed by atoms with Crippen molar-refractivity contribution in [3.63, 3.8) is 0 Å². The molecule has 1 aliphatic heterocycles. The number of para-hydroxylation sites is 2. The van der Waals surface area contributed by atoms with E-state index < -0.39 is 16.5 Å². The summed E-state index contributed by atoms with van der Waals surface area (Å²) in [5.74, 6) is 1.07. The number of methoxy groups -OCH3 is 1. The molecule has 0 saturated heterocycles. The number of carbonyl (C=O) groups is 1. The number of carbonyl (C=O) groups excluding carboxylic acids is 1. The predicted octanol–water partition coefficient (Wildman–Crippen LogP) is 4.75. The number of nitro groups is 1. The molecule has 1 amide bonds. The van der Waals surface area contributed by atoms with Crippen molar-refractivity contribution in [2.24, 2.45) is 0 Å². The summed E-state index contributed by atoms with van der Waals surface area (Å²) >= 11 is 0. The lowest BCUT2D eigenvalue weighted by Gasteiger charge is -2.11. The number of nitrogens with one attached hydrogen (secondary N) is 1. The van der Waals surface area contributed by atoms with Gasteiger partial charge in [0.05, 0.1) is 23.8 Å². The normalized spacial score (nSPS) is 12.0. The highest BCUT2D eigenvalue weighted by molar-refractivity contribution is 6.10. The Morgan fingerprint density at radius 1 is 0.964 bits per heavy atom. The fraction of sp³-hybridized carbons (Fsp3) is 0.0500. The van der Waals surface area contributed by atoms with Crippen molar-refractivity contribution in [3.8, 4) is 28.7 Å². The lowest BCUT2D eigenvalue weighted by molar-refractivity contribution is -0.385. The van der Waals surface area contributed by atoms with E-state index in [1.54, 1.807) is 55.6 Å². The molecule has 0 radical (unpaired) electrons. The first-order chi connectivity index (χ1) is 13.5. The second-order valence-electron chi connectivity index (χ2n) is 5.90. The maximum absolute atomic E-state index is 12.6. The highest BCUT2D eigenvalue weighted by atomic mass is 16.6. The van der Waals surface area contributed by atoms with Crippen molar-refractivity contribution in [2.75, 3.05) is 12.4 Å². The first kappa shape index (κ1) is 17.3. The van der Waals surface area contributed by atoms with E-state index >= 15 is 0 Å². The molecule has 8 nitrogen and oxygen atoms in total. The van der Waals surface area contributed by atoms with Crippen molar-refractivity contribution in [2.45, 2.75) is 0 Å². The zero-order chi connectivity index (χ0) is 19.7. The smallest absolute Gasteiger partial charge is 0.289 e. The number of nitrogens with zero attached hydrogens (tertiary/aromatic N) is 1. The third-order valence-electron chi connectivity index (χ3n) is 4.13. The van der Waals surface area contributed by atoms with E-state index in [0.29, 0.717) is 22.9 Å². The summed E-state index contributed by atoms with van der Waals surface area (Å²) in [7, 11) is 1.55. The molecule has 0 aliphatic carbocycles. The maximum Gasteiger partial charge on any atom is 0.289 e. The van der Waals surface area contributed by atoms with Crippen LogP contribution in [0.25, 0.3) is 0 Å².